The van der Waals surface area contributed by atoms with Crippen LogP contribution in [0.5, 0.6) is 0 Å². The Morgan fingerprint density at radius 1 is 1.07 bits per heavy atom. The van der Waals surface area contributed by atoms with E-state index in [-0.39, 0.29) is 5.54 Å². The summed E-state index contributed by atoms with van der Waals surface area (Å²) in [4.78, 5) is 2.32. The maximum Gasteiger partial charge on any atom is 0.0349 e. The first-order valence-electron chi connectivity index (χ1n) is 6.48. The van der Waals surface area contributed by atoms with Crippen molar-refractivity contribution in [2.45, 2.75) is 70.9 Å². The first-order valence-corrected chi connectivity index (χ1v) is 6.48. The van der Waals surface area contributed by atoms with Gasteiger partial charge in [-0.2, -0.15) is 0 Å². The van der Waals surface area contributed by atoms with Crippen LogP contribution in [0.2, 0.25) is 0 Å². The summed E-state index contributed by atoms with van der Waals surface area (Å²) in [5.41, 5.74) is 6.58. The fraction of sp³-hybridized carbons (Fsp3) is 1.00. The highest BCUT2D eigenvalue weighted by molar-refractivity contribution is 4.94. The molecular formula is C13H30N2. The molecule has 0 saturated heterocycles. The molecule has 0 bridgehead atoms. The standard InChI is InChI=1S/C13H30N2/c1-6-9-10-11-12(14)13(7-2,8-3)15(4)5/h12H,6-11,14H2,1-5H3. The minimum atomic E-state index is 0.202. The van der Waals surface area contributed by atoms with Gasteiger partial charge in [0.25, 0.3) is 0 Å². The Morgan fingerprint density at radius 2 is 1.60 bits per heavy atom. The lowest BCUT2D eigenvalue weighted by Gasteiger charge is -2.43. The molecule has 0 aromatic rings. The number of likely N-dealkylation sites (N-methyl/N-ethyl adjacent to an activating group) is 1. The molecule has 0 aliphatic carbocycles. The summed E-state index contributed by atoms with van der Waals surface area (Å²) in [6.07, 6.45) is 7.30. The summed E-state index contributed by atoms with van der Waals surface area (Å²) in [6.45, 7) is 6.75. The highest BCUT2D eigenvalue weighted by atomic mass is 15.2. The molecule has 0 aliphatic heterocycles. The maximum absolute atomic E-state index is 6.37. The van der Waals surface area contributed by atoms with Gasteiger partial charge < -0.3 is 10.6 Å². The number of hydrogen-bond donors (Lipinski definition) is 1. The van der Waals surface area contributed by atoms with Crippen LogP contribution in [0.25, 0.3) is 0 Å². The Balaban J connectivity index is 4.34. The second-order valence-electron chi connectivity index (χ2n) is 4.81. The van der Waals surface area contributed by atoms with E-state index in [4.69, 9.17) is 5.73 Å². The molecule has 2 N–H and O–H groups in total. The van der Waals surface area contributed by atoms with Crippen molar-refractivity contribution < 1.29 is 0 Å². The van der Waals surface area contributed by atoms with Crippen LogP contribution in [0.1, 0.15) is 59.3 Å². The van der Waals surface area contributed by atoms with Crippen molar-refractivity contribution in [3.8, 4) is 0 Å². The van der Waals surface area contributed by atoms with E-state index in [2.05, 4.69) is 39.8 Å². The van der Waals surface area contributed by atoms with Gasteiger partial charge in [-0.05, 0) is 33.4 Å². The predicted octanol–water partition coefficient (Wildman–Crippen LogP) is 3.01. The number of nitrogens with two attached hydrogens (primary N) is 1. The predicted molar refractivity (Wildman–Crippen MR) is 69.1 cm³/mol. The largest absolute Gasteiger partial charge is 0.326 e. The molecule has 1 unspecified atom stereocenters. The molecule has 0 aliphatic rings. The third-order valence-corrected chi connectivity index (χ3v) is 3.92. The minimum absolute atomic E-state index is 0.202. The molecule has 0 heterocycles. The highest BCUT2D eigenvalue weighted by Crippen LogP contribution is 2.27. The van der Waals surface area contributed by atoms with Gasteiger partial charge in [0.2, 0.25) is 0 Å². The van der Waals surface area contributed by atoms with Gasteiger partial charge in [-0.1, -0.05) is 40.0 Å². The van der Waals surface area contributed by atoms with Crippen LogP contribution in [0, 0.1) is 0 Å². The molecule has 0 aromatic carbocycles. The lowest BCUT2D eigenvalue weighted by molar-refractivity contribution is 0.101. The van der Waals surface area contributed by atoms with Gasteiger partial charge in [0.1, 0.15) is 0 Å². The third-order valence-electron chi connectivity index (χ3n) is 3.92. The summed E-state index contributed by atoms with van der Waals surface area (Å²) < 4.78 is 0. The van der Waals surface area contributed by atoms with Gasteiger partial charge in [0.05, 0.1) is 0 Å². The molecule has 0 aromatic heterocycles. The van der Waals surface area contributed by atoms with E-state index in [1.165, 1.54) is 19.3 Å². The van der Waals surface area contributed by atoms with E-state index in [0.29, 0.717) is 6.04 Å². The van der Waals surface area contributed by atoms with E-state index >= 15 is 0 Å². The normalized spacial score (nSPS) is 14.6. The Kier molecular flexibility index (Phi) is 7.20. The molecule has 0 rings (SSSR count). The van der Waals surface area contributed by atoms with E-state index in [9.17, 15) is 0 Å². The van der Waals surface area contributed by atoms with Crippen LogP contribution < -0.4 is 5.73 Å². The molecule has 0 spiro atoms. The zero-order valence-electron chi connectivity index (χ0n) is 11.3. The molecule has 0 saturated carbocycles. The molecular weight excluding hydrogens is 184 g/mol. The molecule has 0 amide bonds. The summed E-state index contributed by atoms with van der Waals surface area (Å²) in [5, 5.41) is 0. The number of rotatable bonds is 8. The van der Waals surface area contributed by atoms with Crippen molar-refractivity contribution in [3.05, 3.63) is 0 Å². The molecule has 1 atom stereocenters. The van der Waals surface area contributed by atoms with Crippen LogP contribution in [-0.4, -0.2) is 30.6 Å². The molecule has 92 valence electrons. The van der Waals surface area contributed by atoms with Gasteiger partial charge in [0, 0.05) is 11.6 Å². The fourth-order valence-electron chi connectivity index (χ4n) is 2.62. The summed E-state index contributed by atoms with van der Waals surface area (Å²) >= 11 is 0. The van der Waals surface area contributed by atoms with Crippen LogP contribution in [0.3, 0.4) is 0 Å². The average Bonchev–Trinajstić information content (AvgIpc) is 2.20. The van der Waals surface area contributed by atoms with Crippen LogP contribution in [0.15, 0.2) is 0 Å². The third kappa shape index (κ3) is 3.76. The zero-order chi connectivity index (χ0) is 11.9. The molecule has 2 heteroatoms. The van der Waals surface area contributed by atoms with E-state index < -0.39 is 0 Å². The number of nitrogens with zero attached hydrogens (tertiary/aromatic N) is 1. The van der Waals surface area contributed by atoms with Gasteiger partial charge in [-0.3, -0.25) is 0 Å². The minimum Gasteiger partial charge on any atom is -0.326 e. The molecule has 15 heavy (non-hydrogen) atoms. The van der Waals surface area contributed by atoms with Gasteiger partial charge in [-0.25, -0.2) is 0 Å². The van der Waals surface area contributed by atoms with E-state index in [0.717, 1.165) is 19.3 Å². The highest BCUT2D eigenvalue weighted by Gasteiger charge is 2.34. The first-order chi connectivity index (χ1) is 7.05. The molecule has 2 nitrogen and oxygen atoms in total. The number of hydrogen-bond acceptors (Lipinski definition) is 2. The van der Waals surface area contributed by atoms with Gasteiger partial charge >= 0.3 is 0 Å². The monoisotopic (exact) mass is 214 g/mol. The Morgan fingerprint density at radius 3 is 1.93 bits per heavy atom. The smallest absolute Gasteiger partial charge is 0.0349 e. The second-order valence-corrected chi connectivity index (χ2v) is 4.81. The Hall–Kier alpha value is -0.0800. The lowest BCUT2D eigenvalue weighted by atomic mass is 9.81. The summed E-state index contributed by atoms with van der Waals surface area (Å²) in [7, 11) is 4.32. The summed E-state index contributed by atoms with van der Waals surface area (Å²) in [6, 6.07) is 0.314. The molecule has 0 radical (unpaired) electrons. The maximum atomic E-state index is 6.37. The van der Waals surface area contributed by atoms with Crippen LogP contribution >= 0.6 is 0 Å². The number of unbranched alkanes of at least 4 members (excludes halogenated alkanes) is 2. The van der Waals surface area contributed by atoms with E-state index in [1.807, 2.05) is 0 Å². The van der Waals surface area contributed by atoms with Gasteiger partial charge in [-0.15, -0.1) is 0 Å². The van der Waals surface area contributed by atoms with Crippen molar-refractivity contribution in [1.82, 2.24) is 4.90 Å². The van der Waals surface area contributed by atoms with Gasteiger partial charge in [0.15, 0.2) is 0 Å². The topological polar surface area (TPSA) is 29.3 Å². The Bertz CT molecular complexity index is 151. The van der Waals surface area contributed by atoms with Crippen molar-refractivity contribution in [2.24, 2.45) is 5.73 Å². The Labute approximate surface area is 96.2 Å². The van der Waals surface area contributed by atoms with E-state index in [1.54, 1.807) is 0 Å². The van der Waals surface area contributed by atoms with Crippen LogP contribution in [-0.2, 0) is 0 Å². The second kappa shape index (κ2) is 7.24. The van der Waals surface area contributed by atoms with Crippen molar-refractivity contribution in [2.75, 3.05) is 14.1 Å². The molecule has 0 fully saturated rings. The zero-order valence-corrected chi connectivity index (χ0v) is 11.3. The summed E-state index contributed by atoms with van der Waals surface area (Å²) in [5.74, 6) is 0. The lowest BCUT2D eigenvalue weighted by Crippen LogP contribution is -2.56. The van der Waals surface area contributed by atoms with Crippen molar-refractivity contribution in [1.29, 1.82) is 0 Å². The first kappa shape index (κ1) is 14.9. The SMILES string of the molecule is CCCCCC(N)C(CC)(CC)N(C)C. The fourth-order valence-corrected chi connectivity index (χ4v) is 2.62. The average molecular weight is 214 g/mol. The van der Waals surface area contributed by atoms with Crippen molar-refractivity contribution >= 4 is 0 Å². The quantitative estimate of drug-likeness (QED) is 0.629. The van der Waals surface area contributed by atoms with Crippen molar-refractivity contribution in [3.63, 3.8) is 0 Å². The van der Waals surface area contributed by atoms with Crippen LogP contribution in [0.4, 0.5) is 0 Å².